The summed E-state index contributed by atoms with van der Waals surface area (Å²) in [5.41, 5.74) is 1.05. The number of aromatic nitrogens is 1. The Bertz CT molecular complexity index is 732. The molecule has 134 valence electrons. The molecule has 5 nitrogen and oxygen atoms in total. The molecule has 0 aliphatic carbocycles. The van der Waals surface area contributed by atoms with Gasteiger partial charge in [0.15, 0.2) is 11.5 Å². The average molecular weight is 384 g/mol. The van der Waals surface area contributed by atoms with Crippen LogP contribution >= 0.6 is 23.2 Å². The zero-order chi connectivity index (χ0) is 18.4. The number of aldehydes is 1. The predicted octanol–water partition coefficient (Wildman–Crippen LogP) is 4.53. The minimum Gasteiger partial charge on any atom is -0.493 e. The van der Waals surface area contributed by atoms with Crippen LogP contribution in [0.3, 0.4) is 0 Å². The summed E-state index contributed by atoms with van der Waals surface area (Å²) < 4.78 is 16.7. The average Bonchev–Trinajstić information content (AvgIpc) is 2.62. The van der Waals surface area contributed by atoms with E-state index in [1.54, 1.807) is 19.2 Å². The standard InChI is InChI=1S/C18H19Cl2NO4/c1-4-7-25-18-15(23-2)6-5-11(17(18)24-3)12(10-22)16-13(19)8-21-9-14(16)20/h5-6,8-10,12H,4,7H2,1-3H3. The fraction of sp³-hybridized carbons (Fsp3) is 0.333. The minimum atomic E-state index is -0.729. The number of carbonyl (C=O) groups is 1. The third-order valence-electron chi connectivity index (χ3n) is 3.65. The Balaban J connectivity index is 2.65. The molecule has 2 rings (SSSR count). The number of benzene rings is 1. The van der Waals surface area contributed by atoms with E-state index in [-0.39, 0.29) is 0 Å². The van der Waals surface area contributed by atoms with Crippen LogP contribution in [0.5, 0.6) is 17.2 Å². The SMILES string of the molecule is CCCOc1c(OC)ccc(C(C=O)c2c(Cl)cncc2Cl)c1OC. The van der Waals surface area contributed by atoms with E-state index in [2.05, 4.69) is 4.98 Å². The first-order chi connectivity index (χ1) is 12.1. The third kappa shape index (κ3) is 3.99. The van der Waals surface area contributed by atoms with Crippen LogP contribution in [0.4, 0.5) is 0 Å². The maximum atomic E-state index is 11.9. The lowest BCUT2D eigenvalue weighted by Crippen LogP contribution is -2.09. The van der Waals surface area contributed by atoms with Gasteiger partial charge in [-0.3, -0.25) is 4.98 Å². The first-order valence-corrected chi connectivity index (χ1v) is 8.46. The molecule has 2 aromatic rings. The number of hydrogen-bond donors (Lipinski definition) is 0. The van der Waals surface area contributed by atoms with Crippen LogP contribution in [-0.4, -0.2) is 32.1 Å². The van der Waals surface area contributed by atoms with E-state index >= 15 is 0 Å². The van der Waals surface area contributed by atoms with Crippen LogP contribution in [0, 0.1) is 0 Å². The second-order valence-electron chi connectivity index (χ2n) is 5.20. The monoisotopic (exact) mass is 383 g/mol. The number of rotatable bonds is 8. The smallest absolute Gasteiger partial charge is 0.203 e. The number of carbonyl (C=O) groups excluding carboxylic acids is 1. The summed E-state index contributed by atoms with van der Waals surface area (Å²) in [5.74, 6) is 0.643. The molecule has 0 aliphatic rings. The first kappa shape index (κ1) is 19.3. The van der Waals surface area contributed by atoms with Crippen molar-refractivity contribution in [3.63, 3.8) is 0 Å². The number of ether oxygens (including phenoxy) is 3. The van der Waals surface area contributed by atoms with Crippen molar-refractivity contribution in [2.45, 2.75) is 19.3 Å². The Kier molecular flexibility index (Phi) is 6.91. The van der Waals surface area contributed by atoms with Gasteiger partial charge in [0.05, 0.1) is 36.8 Å². The molecule has 1 aromatic carbocycles. The highest BCUT2D eigenvalue weighted by molar-refractivity contribution is 6.36. The van der Waals surface area contributed by atoms with Crippen molar-refractivity contribution in [2.75, 3.05) is 20.8 Å². The van der Waals surface area contributed by atoms with Gasteiger partial charge in [0, 0.05) is 23.5 Å². The van der Waals surface area contributed by atoms with Gasteiger partial charge in [-0.25, -0.2) is 0 Å². The fourth-order valence-electron chi connectivity index (χ4n) is 2.53. The molecule has 1 unspecified atom stereocenters. The van der Waals surface area contributed by atoms with Crippen molar-refractivity contribution in [1.82, 2.24) is 4.98 Å². The van der Waals surface area contributed by atoms with Gasteiger partial charge in [0.1, 0.15) is 6.29 Å². The molecule has 1 atom stereocenters. The third-order valence-corrected chi connectivity index (χ3v) is 4.26. The second-order valence-corrected chi connectivity index (χ2v) is 6.01. The van der Waals surface area contributed by atoms with Gasteiger partial charge in [-0.05, 0) is 12.5 Å². The van der Waals surface area contributed by atoms with Gasteiger partial charge < -0.3 is 19.0 Å². The molecule has 0 N–H and O–H groups in total. The van der Waals surface area contributed by atoms with E-state index in [9.17, 15) is 4.79 Å². The molecule has 0 fully saturated rings. The summed E-state index contributed by atoms with van der Waals surface area (Å²) >= 11 is 12.5. The van der Waals surface area contributed by atoms with Gasteiger partial charge in [0.2, 0.25) is 5.75 Å². The number of hydrogen-bond acceptors (Lipinski definition) is 5. The van der Waals surface area contributed by atoms with Gasteiger partial charge in [-0.1, -0.05) is 36.2 Å². The van der Waals surface area contributed by atoms with E-state index in [0.717, 1.165) is 12.7 Å². The van der Waals surface area contributed by atoms with Crippen molar-refractivity contribution < 1.29 is 19.0 Å². The summed E-state index contributed by atoms with van der Waals surface area (Å²) in [6, 6.07) is 3.46. The number of nitrogens with zero attached hydrogens (tertiary/aromatic N) is 1. The largest absolute Gasteiger partial charge is 0.493 e. The van der Waals surface area contributed by atoms with E-state index in [1.807, 2.05) is 6.92 Å². The maximum Gasteiger partial charge on any atom is 0.203 e. The van der Waals surface area contributed by atoms with Crippen molar-refractivity contribution >= 4 is 29.5 Å². The topological polar surface area (TPSA) is 57.7 Å². The molecule has 0 saturated carbocycles. The molecule has 0 radical (unpaired) electrons. The van der Waals surface area contributed by atoms with Crippen molar-refractivity contribution in [3.05, 3.63) is 45.7 Å². The highest BCUT2D eigenvalue weighted by atomic mass is 35.5. The predicted molar refractivity (Wildman–Crippen MR) is 97.5 cm³/mol. The molecule has 0 amide bonds. The van der Waals surface area contributed by atoms with E-state index in [4.69, 9.17) is 37.4 Å². The van der Waals surface area contributed by atoms with Crippen LogP contribution in [0.15, 0.2) is 24.5 Å². The van der Waals surface area contributed by atoms with Gasteiger partial charge >= 0.3 is 0 Å². The van der Waals surface area contributed by atoms with E-state index < -0.39 is 5.92 Å². The molecule has 0 spiro atoms. The summed E-state index contributed by atoms with van der Waals surface area (Å²) in [6.07, 6.45) is 4.48. The van der Waals surface area contributed by atoms with Crippen LogP contribution in [0.1, 0.15) is 30.4 Å². The number of pyridine rings is 1. The summed E-state index contributed by atoms with van der Waals surface area (Å²) in [7, 11) is 3.05. The summed E-state index contributed by atoms with van der Waals surface area (Å²) in [4.78, 5) is 15.8. The first-order valence-electron chi connectivity index (χ1n) is 7.70. The second kappa shape index (κ2) is 8.92. The molecule has 7 heteroatoms. The quantitative estimate of drug-likeness (QED) is 0.626. The Labute approximate surface area is 156 Å². The lowest BCUT2D eigenvalue weighted by atomic mass is 9.92. The van der Waals surface area contributed by atoms with E-state index in [1.165, 1.54) is 19.5 Å². The van der Waals surface area contributed by atoms with Crippen LogP contribution in [-0.2, 0) is 4.79 Å². The van der Waals surface area contributed by atoms with Crippen molar-refractivity contribution in [2.24, 2.45) is 0 Å². The number of halogens is 2. The zero-order valence-corrected chi connectivity index (χ0v) is 15.7. The maximum absolute atomic E-state index is 11.9. The molecule has 25 heavy (non-hydrogen) atoms. The summed E-state index contributed by atoms with van der Waals surface area (Å²) in [6.45, 7) is 2.48. The molecule has 0 aliphatic heterocycles. The number of methoxy groups -OCH3 is 2. The van der Waals surface area contributed by atoms with Crippen LogP contribution in [0.2, 0.25) is 10.0 Å². The van der Waals surface area contributed by atoms with Gasteiger partial charge in [-0.15, -0.1) is 0 Å². The Morgan fingerprint density at radius 1 is 1.12 bits per heavy atom. The molecular weight excluding hydrogens is 365 g/mol. The van der Waals surface area contributed by atoms with Crippen LogP contribution < -0.4 is 14.2 Å². The van der Waals surface area contributed by atoms with E-state index in [0.29, 0.717) is 45.0 Å². The normalized spacial score (nSPS) is 11.7. The fourth-order valence-corrected chi connectivity index (χ4v) is 3.13. The van der Waals surface area contributed by atoms with Gasteiger partial charge in [0.25, 0.3) is 0 Å². The van der Waals surface area contributed by atoms with Crippen LogP contribution in [0.25, 0.3) is 0 Å². The Morgan fingerprint density at radius 2 is 1.80 bits per heavy atom. The highest BCUT2D eigenvalue weighted by Crippen LogP contribution is 2.45. The highest BCUT2D eigenvalue weighted by Gasteiger charge is 2.27. The lowest BCUT2D eigenvalue weighted by Gasteiger charge is -2.21. The Morgan fingerprint density at radius 3 is 2.32 bits per heavy atom. The minimum absolute atomic E-state index is 0.304. The Hall–Kier alpha value is -1.98. The zero-order valence-electron chi connectivity index (χ0n) is 14.2. The van der Waals surface area contributed by atoms with Crippen molar-refractivity contribution in [3.8, 4) is 17.2 Å². The summed E-state index contributed by atoms with van der Waals surface area (Å²) in [5, 5.41) is 0.608. The molecule has 0 bridgehead atoms. The van der Waals surface area contributed by atoms with Gasteiger partial charge in [-0.2, -0.15) is 0 Å². The van der Waals surface area contributed by atoms with Crippen molar-refractivity contribution in [1.29, 1.82) is 0 Å². The molecule has 1 aromatic heterocycles. The lowest BCUT2D eigenvalue weighted by molar-refractivity contribution is -0.108. The molecular formula is C18H19Cl2NO4. The molecule has 1 heterocycles. The molecule has 0 saturated heterocycles.